The summed E-state index contributed by atoms with van der Waals surface area (Å²) in [4.78, 5) is 24.6. The molecular formula is C22H19N3O3. The van der Waals surface area contributed by atoms with Crippen molar-refractivity contribution in [3.63, 3.8) is 0 Å². The van der Waals surface area contributed by atoms with E-state index in [0.29, 0.717) is 23.2 Å². The fraction of sp³-hybridized carbons (Fsp3) is 0.136. The van der Waals surface area contributed by atoms with Gasteiger partial charge in [0, 0.05) is 11.8 Å². The third-order valence-electron chi connectivity index (χ3n) is 4.58. The van der Waals surface area contributed by atoms with E-state index in [2.05, 4.69) is 10.4 Å². The second-order valence-electron chi connectivity index (χ2n) is 6.43. The second kappa shape index (κ2) is 7.92. The van der Waals surface area contributed by atoms with Crippen molar-refractivity contribution in [2.75, 3.05) is 0 Å². The number of para-hydroxylation sites is 1. The first-order valence-electron chi connectivity index (χ1n) is 9.05. The normalized spacial score (nSPS) is 12.0. The highest BCUT2D eigenvalue weighted by Crippen LogP contribution is 2.22. The molecule has 0 aliphatic rings. The van der Waals surface area contributed by atoms with Crippen molar-refractivity contribution in [2.24, 2.45) is 0 Å². The standard InChI is InChI=1S/C22H19N3O3/c26-19-15-23-25(18-10-5-4-9-17(18)19)13-12-21(27)24-22(20-11-6-14-28-20)16-7-2-1-3-8-16/h1-11,14-15,22H,12-13H2,(H,24,27). The van der Waals surface area contributed by atoms with Crippen LogP contribution in [0.2, 0.25) is 0 Å². The van der Waals surface area contributed by atoms with E-state index in [1.165, 1.54) is 6.20 Å². The Morgan fingerprint density at radius 1 is 1.04 bits per heavy atom. The maximum atomic E-state index is 12.6. The van der Waals surface area contributed by atoms with E-state index >= 15 is 0 Å². The average molecular weight is 373 g/mol. The van der Waals surface area contributed by atoms with Crippen molar-refractivity contribution in [2.45, 2.75) is 19.0 Å². The molecule has 2 heterocycles. The molecule has 1 unspecified atom stereocenters. The molecular weight excluding hydrogens is 354 g/mol. The Kier molecular flexibility index (Phi) is 5.01. The zero-order chi connectivity index (χ0) is 19.3. The number of amides is 1. The van der Waals surface area contributed by atoms with E-state index in [4.69, 9.17) is 4.42 Å². The molecule has 0 saturated heterocycles. The number of rotatable bonds is 6. The Bertz CT molecular complexity index is 1130. The van der Waals surface area contributed by atoms with E-state index in [9.17, 15) is 9.59 Å². The minimum Gasteiger partial charge on any atom is -0.467 e. The van der Waals surface area contributed by atoms with Gasteiger partial charge in [0.1, 0.15) is 11.8 Å². The predicted molar refractivity (Wildman–Crippen MR) is 106 cm³/mol. The highest BCUT2D eigenvalue weighted by molar-refractivity contribution is 5.79. The van der Waals surface area contributed by atoms with E-state index in [-0.39, 0.29) is 23.8 Å². The Morgan fingerprint density at radius 3 is 2.61 bits per heavy atom. The quantitative estimate of drug-likeness (QED) is 0.563. The number of furan rings is 1. The molecule has 4 rings (SSSR count). The molecule has 0 spiro atoms. The molecule has 0 radical (unpaired) electrons. The van der Waals surface area contributed by atoms with Crippen LogP contribution in [0.5, 0.6) is 0 Å². The maximum Gasteiger partial charge on any atom is 0.222 e. The van der Waals surface area contributed by atoms with Crippen molar-refractivity contribution in [1.29, 1.82) is 0 Å². The summed E-state index contributed by atoms with van der Waals surface area (Å²) in [7, 11) is 0. The summed E-state index contributed by atoms with van der Waals surface area (Å²) in [6.45, 7) is 0.367. The molecule has 1 N–H and O–H groups in total. The van der Waals surface area contributed by atoms with Gasteiger partial charge in [-0.25, -0.2) is 0 Å². The lowest BCUT2D eigenvalue weighted by molar-refractivity contribution is -0.121. The first-order chi connectivity index (χ1) is 13.7. The first kappa shape index (κ1) is 17.7. The molecule has 140 valence electrons. The Hall–Kier alpha value is -3.67. The van der Waals surface area contributed by atoms with Crippen molar-refractivity contribution < 1.29 is 9.21 Å². The minimum atomic E-state index is -0.359. The lowest BCUT2D eigenvalue weighted by atomic mass is 10.0. The number of hydrogen-bond acceptors (Lipinski definition) is 4. The van der Waals surface area contributed by atoms with E-state index < -0.39 is 0 Å². The summed E-state index contributed by atoms with van der Waals surface area (Å²) < 4.78 is 7.20. The Labute approximate surface area is 161 Å². The second-order valence-corrected chi connectivity index (χ2v) is 6.43. The van der Waals surface area contributed by atoms with Crippen LogP contribution in [0.1, 0.15) is 23.8 Å². The van der Waals surface area contributed by atoms with Crippen LogP contribution >= 0.6 is 0 Å². The summed E-state index contributed by atoms with van der Waals surface area (Å²) in [6.07, 6.45) is 3.10. The third-order valence-corrected chi connectivity index (χ3v) is 4.58. The summed E-state index contributed by atoms with van der Waals surface area (Å²) >= 11 is 0. The van der Waals surface area contributed by atoms with Gasteiger partial charge in [-0.2, -0.15) is 5.10 Å². The number of carbonyl (C=O) groups is 1. The van der Waals surface area contributed by atoms with Gasteiger partial charge in [-0.05, 0) is 29.8 Å². The van der Waals surface area contributed by atoms with Crippen LogP contribution in [0, 0.1) is 0 Å². The number of nitrogens with one attached hydrogen (secondary N) is 1. The fourth-order valence-electron chi connectivity index (χ4n) is 3.20. The molecule has 0 aliphatic heterocycles. The number of hydrogen-bond donors (Lipinski definition) is 1. The van der Waals surface area contributed by atoms with Gasteiger partial charge in [-0.1, -0.05) is 42.5 Å². The monoisotopic (exact) mass is 373 g/mol. The van der Waals surface area contributed by atoms with Crippen molar-refractivity contribution in [3.05, 3.63) is 101 Å². The van der Waals surface area contributed by atoms with Crippen LogP contribution in [-0.2, 0) is 11.3 Å². The molecule has 2 aromatic carbocycles. The van der Waals surface area contributed by atoms with Crippen LogP contribution in [-0.4, -0.2) is 15.7 Å². The zero-order valence-corrected chi connectivity index (χ0v) is 15.1. The topological polar surface area (TPSA) is 77.1 Å². The lowest BCUT2D eigenvalue weighted by Gasteiger charge is -2.17. The van der Waals surface area contributed by atoms with Crippen LogP contribution in [0.3, 0.4) is 0 Å². The largest absolute Gasteiger partial charge is 0.467 e. The molecule has 4 aromatic rings. The maximum absolute atomic E-state index is 12.6. The summed E-state index contributed by atoms with van der Waals surface area (Å²) in [5.74, 6) is 0.543. The SMILES string of the molecule is O=C(CCn1ncc(=O)c2ccccc21)NC(c1ccccc1)c1ccco1. The van der Waals surface area contributed by atoms with Crippen molar-refractivity contribution in [3.8, 4) is 0 Å². The lowest BCUT2D eigenvalue weighted by Crippen LogP contribution is -2.30. The number of fused-ring (bicyclic) bond motifs is 1. The summed E-state index contributed by atoms with van der Waals surface area (Å²) in [5.41, 5.74) is 1.53. The molecule has 6 heteroatoms. The minimum absolute atomic E-state index is 0.127. The molecule has 0 fully saturated rings. The summed E-state index contributed by atoms with van der Waals surface area (Å²) in [6, 6.07) is 20.2. The van der Waals surface area contributed by atoms with Crippen LogP contribution in [0.15, 0.2) is 88.4 Å². The highest BCUT2D eigenvalue weighted by atomic mass is 16.3. The number of aryl methyl sites for hydroxylation is 1. The van der Waals surface area contributed by atoms with Crippen LogP contribution < -0.4 is 10.7 Å². The third kappa shape index (κ3) is 3.71. The van der Waals surface area contributed by atoms with Crippen molar-refractivity contribution in [1.82, 2.24) is 15.1 Å². The fourth-order valence-corrected chi connectivity index (χ4v) is 3.20. The zero-order valence-electron chi connectivity index (χ0n) is 15.1. The highest BCUT2D eigenvalue weighted by Gasteiger charge is 2.19. The number of carbonyl (C=O) groups excluding carboxylic acids is 1. The molecule has 0 bridgehead atoms. The first-order valence-corrected chi connectivity index (χ1v) is 9.05. The molecule has 2 aromatic heterocycles. The Morgan fingerprint density at radius 2 is 1.82 bits per heavy atom. The van der Waals surface area contributed by atoms with Gasteiger partial charge in [-0.15, -0.1) is 0 Å². The average Bonchev–Trinajstić information content (AvgIpc) is 3.27. The van der Waals surface area contributed by atoms with Gasteiger partial charge in [0.25, 0.3) is 0 Å². The van der Waals surface area contributed by atoms with Gasteiger partial charge >= 0.3 is 0 Å². The van der Waals surface area contributed by atoms with Gasteiger partial charge < -0.3 is 9.73 Å². The van der Waals surface area contributed by atoms with E-state index in [1.54, 1.807) is 23.1 Å². The molecule has 28 heavy (non-hydrogen) atoms. The summed E-state index contributed by atoms with van der Waals surface area (Å²) in [5, 5.41) is 7.79. The molecule has 0 aliphatic carbocycles. The van der Waals surface area contributed by atoms with E-state index in [0.717, 1.165) is 5.56 Å². The smallest absolute Gasteiger partial charge is 0.222 e. The molecule has 0 saturated carbocycles. The predicted octanol–water partition coefficient (Wildman–Crippen LogP) is 3.29. The van der Waals surface area contributed by atoms with Gasteiger partial charge in [0.05, 0.1) is 24.5 Å². The number of benzene rings is 2. The molecule has 1 atom stereocenters. The van der Waals surface area contributed by atoms with Gasteiger partial charge in [0.2, 0.25) is 11.3 Å². The van der Waals surface area contributed by atoms with Crippen molar-refractivity contribution >= 4 is 16.8 Å². The number of nitrogens with zero attached hydrogens (tertiary/aromatic N) is 2. The Balaban J connectivity index is 1.51. The number of aromatic nitrogens is 2. The van der Waals surface area contributed by atoms with Gasteiger partial charge in [-0.3, -0.25) is 14.3 Å². The van der Waals surface area contributed by atoms with Gasteiger partial charge in [0.15, 0.2) is 0 Å². The molecule has 1 amide bonds. The molecule has 6 nitrogen and oxygen atoms in total. The van der Waals surface area contributed by atoms with Crippen LogP contribution in [0.25, 0.3) is 10.9 Å². The van der Waals surface area contributed by atoms with E-state index in [1.807, 2.05) is 54.6 Å². The van der Waals surface area contributed by atoms with Crippen LogP contribution in [0.4, 0.5) is 0 Å².